The number of amidine groups is 1. The molecule has 1 heterocycles. The van der Waals surface area contributed by atoms with Crippen molar-refractivity contribution in [1.29, 1.82) is 10.7 Å². The Balaban J connectivity index is 0.00000225. The van der Waals surface area contributed by atoms with E-state index in [9.17, 15) is 9.59 Å². The van der Waals surface area contributed by atoms with Crippen LogP contribution in [0.15, 0.2) is 9.59 Å². The molecule has 0 aliphatic carbocycles. The van der Waals surface area contributed by atoms with Crippen molar-refractivity contribution in [3.05, 3.63) is 32.1 Å². The first kappa shape index (κ1) is 14.3. The van der Waals surface area contributed by atoms with Crippen molar-refractivity contribution in [1.82, 2.24) is 9.97 Å². The van der Waals surface area contributed by atoms with Crippen molar-refractivity contribution in [2.45, 2.75) is 5.75 Å². The van der Waals surface area contributed by atoms with Gasteiger partial charge in [-0.05, 0) is 0 Å². The predicted molar refractivity (Wildman–Crippen MR) is 62.9 cm³/mol. The van der Waals surface area contributed by atoms with Gasteiger partial charge in [0.2, 0.25) is 0 Å². The van der Waals surface area contributed by atoms with E-state index in [1.807, 2.05) is 4.98 Å². The highest BCUT2D eigenvalue weighted by molar-refractivity contribution is 8.13. The Labute approximate surface area is 100.0 Å². The summed E-state index contributed by atoms with van der Waals surface area (Å²) < 4.78 is 0. The molecule has 0 unspecified atom stereocenters. The first-order valence-corrected chi connectivity index (χ1v) is 4.75. The summed E-state index contributed by atoms with van der Waals surface area (Å²) in [4.78, 5) is 26.3. The Kier molecular flexibility index (Phi) is 5.35. The van der Waals surface area contributed by atoms with Crippen molar-refractivity contribution in [3.63, 3.8) is 0 Å². The molecule has 0 aliphatic rings. The second-order valence-electron chi connectivity index (χ2n) is 2.53. The van der Waals surface area contributed by atoms with Crippen LogP contribution in [0.2, 0.25) is 0 Å². The van der Waals surface area contributed by atoms with E-state index in [0.29, 0.717) is 0 Å². The monoisotopic (exact) mass is 261 g/mol. The number of thioether (sulfide) groups is 1. The van der Waals surface area contributed by atoms with Crippen molar-refractivity contribution < 1.29 is 0 Å². The molecule has 0 atom stereocenters. The average Bonchev–Trinajstić information content (AvgIpc) is 2.13. The Morgan fingerprint density at radius 2 is 2.12 bits per heavy atom. The number of nitriles is 1. The number of nitrogens with zero attached hydrogens (tertiary/aromatic N) is 1. The third-order valence-corrected chi connectivity index (χ3v) is 2.25. The Morgan fingerprint density at radius 3 is 2.62 bits per heavy atom. The molecule has 1 rings (SSSR count). The van der Waals surface area contributed by atoms with E-state index in [4.69, 9.17) is 16.4 Å². The minimum Gasteiger partial charge on any atom is -0.379 e. The van der Waals surface area contributed by atoms with Crippen LogP contribution in [0, 0.1) is 16.7 Å². The van der Waals surface area contributed by atoms with E-state index in [2.05, 4.69) is 4.98 Å². The quantitative estimate of drug-likeness (QED) is 0.419. The molecule has 5 N–H and O–H groups in total. The van der Waals surface area contributed by atoms with E-state index in [1.54, 1.807) is 6.07 Å². The van der Waals surface area contributed by atoms with Gasteiger partial charge in [-0.15, -0.1) is 12.4 Å². The van der Waals surface area contributed by atoms with Crippen LogP contribution in [0.4, 0.5) is 0 Å². The molecule has 0 fully saturated rings. The second-order valence-corrected chi connectivity index (χ2v) is 3.54. The number of hydrogen-bond donors (Lipinski definition) is 4. The number of rotatable bonds is 2. The van der Waals surface area contributed by atoms with Gasteiger partial charge < -0.3 is 10.7 Å². The minimum atomic E-state index is -0.736. The molecule has 0 aliphatic heterocycles. The molecule has 16 heavy (non-hydrogen) atoms. The van der Waals surface area contributed by atoms with Crippen molar-refractivity contribution >= 4 is 29.3 Å². The van der Waals surface area contributed by atoms with E-state index in [-0.39, 0.29) is 34.6 Å². The molecule has 1 aromatic rings. The molecule has 0 bridgehead atoms. The molecule has 9 heteroatoms. The lowest BCUT2D eigenvalue weighted by Gasteiger charge is -2.00. The van der Waals surface area contributed by atoms with Crippen LogP contribution in [0.3, 0.4) is 0 Å². The number of H-pyrrole nitrogens is 2. The summed E-state index contributed by atoms with van der Waals surface area (Å²) in [5, 5.41) is 15.5. The summed E-state index contributed by atoms with van der Waals surface area (Å²) in [6, 6.07) is 1.68. The van der Waals surface area contributed by atoms with Gasteiger partial charge >= 0.3 is 5.69 Å². The summed E-state index contributed by atoms with van der Waals surface area (Å²) in [7, 11) is 0. The SMILES string of the molecule is Cl.N#Cc1c(CSC(=N)N)[nH]c(=O)[nH]c1=O. The summed E-state index contributed by atoms with van der Waals surface area (Å²) in [6.45, 7) is 0. The average molecular weight is 262 g/mol. The van der Waals surface area contributed by atoms with E-state index in [1.165, 1.54) is 0 Å². The number of nitrogens with two attached hydrogens (primary N) is 1. The summed E-state index contributed by atoms with van der Waals surface area (Å²) in [6.07, 6.45) is 0. The zero-order valence-electron chi connectivity index (χ0n) is 7.86. The fourth-order valence-corrected chi connectivity index (χ4v) is 1.43. The highest BCUT2D eigenvalue weighted by Crippen LogP contribution is 2.08. The highest BCUT2D eigenvalue weighted by atomic mass is 35.5. The van der Waals surface area contributed by atoms with Crippen LogP contribution in [0.25, 0.3) is 0 Å². The van der Waals surface area contributed by atoms with Gasteiger partial charge in [0.15, 0.2) is 5.17 Å². The van der Waals surface area contributed by atoms with E-state index < -0.39 is 11.2 Å². The Hall–Kier alpha value is -1.72. The lowest BCUT2D eigenvalue weighted by Crippen LogP contribution is -2.26. The summed E-state index contributed by atoms with van der Waals surface area (Å²) >= 11 is 0.918. The van der Waals surface area contributed by atoms with Gasteiger partial charge in [-0.2, -0.15) is 5.26 Å². The van der Waals surface area contributed by atoms with Gasteiger partial charge in [-0.25, -0.2) is 4.79 Å². The number of hydrogen-bond acceptors (Lipinski definition) is 5. The van der Waals surface area contributed by atoms with Gasteiger partial charge in [-0.3, -0.25) is 15.2 Å². The van der Waals surface area contributed by atoms with Crippen molar-refractivity contribution in [3.8, 4) is 6.07 Å². The molecule has 0 amide bonds. The Bertz CT molecular complexity index is 543. The standard InChI is InChI=1S/C7H7N5O2S.ClH/c8-1-3-4(2-15-6(9)10)11-7(14)12-5(3)13;/h2H2,(H3,9,10)(H2,11,12,13,14);1H. The third kappa shape index (κ3) is 3.45. The fraction of sp³-hybridized carbons (Fsp3) is 0.143. The van der Waals surface area contributed by atoms with Crippen LogP contribution in [-0.2, 0) is 5.75 Å². The molecular formula is C7H8ClN5O2S. The number of aromatic nitrogens is 2. The normalized spacial score (nSPS) is 8.94. The van der Waals surface area contributed by atoms with Crippen molar-refractivity contribution in [2.24, 2.45) is 5.73 Å². The number of halogens is 1. The highest BCUT2D eigenvalue weighted by Gasteiger charge is 2.08. The van der Waals surface area contributed by atoms with Gasteiger partial charge in [0.1, 0.15) is 11.6 Å². The maximum atomic E-state index is 11.1. The maximum Gasteiger partial charge on any atom is 0.325 e. The second kappa shape index (κ2) is 5.99. The number of aromatic amines is 2. The summed E-state index contributed by atoms with van der Waals surface area (Å²) in [5.74, 6) is 0.109. The van der Waals surface area contributed by atoms with Gasteiger partial charge in [0.05, 0.1) is 5.69 Å². The lowest BCUT2D eigenvalue weighted by molar-refractivity contribution is 0.974. The number of nitrogens with one attached hydrogen (secondary N) is 3. The first-order chi connectivity index (χ1) is 7.04. The van der Waals surface area contributed by atoms with Crippen LogP contribution in [0.1, 0.15) is 11.3 Å². The van der Waals surface area contributed by atoms with Crippen LogP contribution in [0.5, 0.6) is 0 Å². The van der Waals surface area contributed by atoms with Crippen LogP contribution in [-0.4, -0.2) is 15.1 Å². The molecule has 0 spiro atoms. The van der Waals surface area contributed by atoms with Crippen LogP contribution < -0.4 is 17.0 Å². The minimum absolute atomic E-state index is 0. The first-order valence-electron chi connectivity index (χ1n) is 3.77. The molecular weight excluding hydrogens is 254 g/mol. The van der Waals surface area contributed by atoms with Gasteiger partial charge in [0.25, 0.3) is 5.56 Å². The lowest BCUT2D eigenvalue weighted by atomic mass is 10.3. The van der Waals surface area contributed by atoms with E-state index in [0.717, 1.165) is 11.8 Å². The smallest absolute Gasteiger partial charge is 0.325 e. The van der Waals surface area contributed by atoms with Crippen molar-refractivity contribution in [2.75, 3.05) is 0 Å². The molecule has 86 valence electrons. The largest absolute Gasteiger partial charge is 0.379 e. The molecule has 0 aromatic carbocycles. The van der Waals surface area contributed by atoms with Crippen LogP contribution >= 0.6 is 24.2 Å². The predicted octanol–water partition coefficient (Wildman–Crippen LogP) is -0.517. The molecule has 0 radical (unpaired) electrons. The van der Waals surface area contributed by atoms with E-state index >= 15 is 0 Å². The fourth-order valence-electron chi connectivity index (χ4n) is 0.910. The molecule has 0 saturated heterocycles. The topological polar surface area (TPSA) is 139 Å². The maximum absolute atomic E-state index is 11.1. The molecule has 7 nitrogen and oxygen atoms in total. The van der Waals surface area contributed by atoms with Gasteiger partial charge in [0, 0.05) is 5.75 Å². The summed E-state index contributed by atoms with van der Waals surface area (Å²) in [5.41, 5.74) is 3.68. The molecule has 0 saturated carbocycles. The zero-order chi connectivity index (χ0) is 11.4. The zero-order valence-corrected chi connectivity index (χ0v) is 9.50. The Morgan fingerprint density at radius 1 is 1.50 bits per heavy atom. The molecule has 1 aromatic heterocycles. The van der Waals surface area contributed by atoms with Gasteiger partial charge in [-0.1, -0.05) is 11.8 Å². The third-order valence-electron chi connectivity index (χ3n) is 1.50.